The minimum atomic E-state index is 0.434. The molecule has 20 heavy (non-hydrogen) atoms. The van der Waals surface area contributed by atoms with Gasteiger partial charge in [-0.25, -0.2) is 0 Å². The van der Waals surface area contributed by atoms with Gasteiger partial charge in [0.2, 0.25) is 0 Å². The number of hydrogen-bond donors (Lipinski definition) is 1. The number of hydrogen-bond acceptors (Lipinski definition) is 4. The van der Waals surface area contributed by atoms with Crippen molar-refractivity contribution < 1.29 is 4.52 Å². The van der Waals surface area contributed by atoms with E-state index in [2.05, 4.69) is 43.3 Å². The first-order valence-corrected chi connectivity index (χ1v) is 7.49. The first-order valence-electron chi connectivity index (χ1n) is 6.55. The average molecular weight is 284 g/mol. The number of aromatic nitrogens is 1. The molecule has 0 fully saturated rings. The zero-order valence-electron chi connectivity index (χ0n) is 11.5. The molecule has 2 aromatic heterocycles. The summed E-state index contributed by atoms with van der Waals surface area (Å²) >= 11 is 1.63. The smallest absolute Gasteiger partial charge is 0.177 e. The predicted octanol–water partition coefficient (Wildman–Crippen LogP) is 4.78. The minimum absolute atomic E-state index is 0.434. The van der Waals surface area contributed by atoms with Crippen molar-refractivity contribution in [2.45, 2.75) is 19.8 Å². The van der Waals surface area contributed by atoms with Crippen LogP contribution < -0.4 is 5.73 Å². The van der Waals surface area contributed by atoms with Crippen molar-refractivity contribution >= 4 is 17.2 Å². The maximum atomic E-state index is 5.98. The van der Waals surface area contributed by atoms with Crippen molar-refractivity contribution in [1.82, 2.24) is 5.16 Å². The molecule has 0 aliphatic heterocycles. The molecule has 102 valence electrons. The third-order valence-electron chi connectivity index (χ3n) is 3.37. The lowest BCUT2D eigenvalue weighted by molar-refractivity contribution is 0.436. The largest absolute Gasteiger partial charge is 0.380 e. The number of nitrogens with two attached hydrogens (primary N) is 1. The molecule has 3 rings (SSSR count). The fourth-order valence-electron chi connectivity index (χ4n) is 2.21. The molecule has 0 radical (unpaired) electrons. The van der Waals surface area contributed by atoms with Crippen LogP contribution in [0.2, 0.25) is 0 Å². The van der Waals surface area contributed by atoms with E-state index >= 15 is 0 Å². The minimum Gasteiger partial charge on any atom is -0.380 e. The summed E-state index contributed by atoms with van der Waals surface area (Å²) in [5.41, 5.74) is 10.2. The Kier molecular flexibility index (Phi) is 3.32. The third-order valence-corrected chi connectivity index (χ3v) is 4.05. The lowest BCUT2D eigenvalue weighted by Gasteiger charge is -2.07. The van der Waals surface area contributed by atoms with E-state index in [9.17, 15) is 0 Å². The molecule has 0 spiro atoms. The lowest BCUT2D eigenvalue weighted by Crippen LogP contribution is -1.90. The predicted molar refractivity (Wildman–Crippen MR) is 83.8 cm³/mol. The van der Waals surface area contributed by atoms with Gasteiger partial charge in [0, 0.05) is 10.9 Å². The molecule has 0 amide bonds. The third kappa shape index (κ3) is 2.23. The zero-order valence-corrected chi connectivity index (χ0v) is 12.3. The summed E-state index contributed by atoms with van der Waals surface area (Å²) < 4.78 is 5.40. The summed E-state index contributed by atoms with van der Waals surface area (Å²) in [7, 11) is 0. The van der Waals surface area contributed by atoms with Crippen molar-refractivity contribution in [3.05, 3.63) is 46.7 Å². The Morgan fingerprint density at radius 3 is 2.45 bits per heavy atom. The summed E-state index contributed by atoms with van der Waals surface area (Å²) in [6, 6.07) is 10.4. The molecule has 3 aromatic rings. The zero-order chi connectivity index (χ0) is 14.1. The number of benzene rings is 1. The van der Waals surface area contributed by atoms with E-state index in [4.69, 9.17) is 10.3 Å². The van der Waals surface area contributed by atoms with Crippen LogP contribution in [-0.4, -0.2) is 5.16 Å². The molecule has 2 N–H and O–H groups in total. The van der Waals surface area contributed by atoms with Gasteiger partial charge in [0.25, 0.3) is 0 Å². The Morgan fingerprint density at radius 1 is 1.10 bits per heavy atom. The van der Waals surface area contributed by atoms with Crippen molar-refractivity contribution in [3.63, 3.8) is 0 Å². The molecule has 0 saturated carbocycles. The van der Waals surface area contributed by atoms with Crippen molar-refractivity contribution in [3.8, 4) is 22.5 Å². The van der Waals surface area contributed by atoms with Crippen LogP contribution in [0.25, 0.3) is 22.5 Å². The summed E-state index contributed by atoms with van der Waals surface area (Å²) in [6.45, 7) is 4.36. The fourth-order valence-corrected chi connectivity index (χ4v) is 2.84. The molecular weight excluding hydrogens is 268 g/mol. The number of thiophene rings is 1. The molecule has 1 aromatic carbocycles. The molecule has 0 saturated heterocycles. The normalized spacial score (nSPS) is 11.2. The molecular formula is C16H16N2OS. The van der Waals surface area contributed by atoms with E-state index in [0.29, 0.717) is 11.7 Å². The van der Waals surface area contributed by atoms with Gasteiger partial charge < -0.3 is 10.3 Å². The van der Waals surface area contributed by atoms with Gasteiger partial charge in [-0.1, -0.05) is 43.3 Å². The van der Waals surface area contributed by atoms with Crippen LogP contribution >= 0.6 is 11.3 Å². The van der Waals surface area contributed by atoms with E-state index in [1.54, 1.807) is 11.3 Å². The van der Waals surface area contributed by atoms with Crippen LogP contribution in [0.4, 0.5) is 5.82 Å². The molecule has 0 atom stereocenters. The summed E-state index contributed by atoms with van der Waals surface area (Å²) in [6.07, 6.45) is 0. The Bertz CT molecular complexity index is 697. The maximum absolute atomic E-state index is 5.98. The van der Waals surface area contributed by atoms with Gasteiger partial charge in [-0.15, -0.1) is 0 Å². The van der Waals surface area contributed by atoms with Gasteiger partial charge in [-0.2, -0.15) is 11.3 Å². The van der Waals surface area contributed by atoms with Crippen LogP contribution in [0.15, 0.2) is 45.6 Å². The molecule has 4 heteroatoms. The van der Waals surface area contributed by atoms with Crippen LogP contribution in [0, 0.1) is 0 Å². The maximum Gasteiger partial charge on any atom is 0.177 e. The van der Waals surface area contributed by atoms with Crippen LogP contribution in [0.5, 0.6) is 0 Å². The molecule has 0 aliphatic carbocycles. The van der Waals surface area contributed by atoms with Crippen molar-refractivity contribution in [2.75, 3.05) is 5.73 Å². The Labute approximate surface area is 122 Å². The van der Waals surface area contributed by atoms with Crippen molar-refractivity contribution in [2.24, 2.45) is 0 Å². The standard InChI is InChI=1S/C16H16N2OS/c1-10(2)11-3-5-12(6-4-11)14-15(19-18-16(14)17)13-7-8-20-9-13/h3-10H,1-2H3,(H2,17,18). The molecule has 0 aliphatic rings. The Balaban J connectivity index is 2.08. The monoisotopic (exact) mass is 284 g/mol. The fraction of sp³-hybridized carbons (Fsp3) is 0.188. The van der Waals surface area contributed by atoms with Crippen LogP contribution in [0.1, 0.15) is 25.3 Å². The summed E-state index contributed by atoms with van der Waals surface area (Å²) in [5, 5.41) is 7.96. The van der Waals surface area contributed by atoms with E-state index in [1.165, 1.54) is 5.56 Å². The van der Waals surface area contributed by atoms with E-state index in [-0.39, 0.29) is 0 Å². The van der Waals surface area contributed by atoms with Gasteiger partial charge in [-0.3, -0.25) is 0 Å². The van der Waals surface area contributed by atoms with Crippen LogP contribution in [-0.2, 0) is 0 Å². The molecule has 3 nitrogen and oxygen atoms in total. The van der Waals surface area contributed by atoms with Gasteiger partial charge in [-0.05, 0) is 28.5 Å². The molecule has 0 bridgehead atoms. The second kappa shape index (κ2) is 5.13. The van der Waals surface area contributed by atoms with Gasteiger partial charge in [0.15, 0.2) is 11.6 Å². The highest BCUT2D eigenvalue weighted by atomic mass is 32.1. The van der Waals surface area contributed by atoms with Gasteiger partial charge in [0.05, 0.1) is 5.56 Å². The first-order chi connectivity index (χ1) is 9.66. The average Bonchev–Trinajstić information content (AvgIpc) is 3.07. The van der Waals surface area contributed by atoms with Gasteiger partial charge >= 0.3 is 0 Å². The van der Waals surface area contributed by atoms with E-state index in [0.717, 1.165) is 22.5 Å². The second-order valence-electron chi connectivity index (χ2n) is 5.06. The molecule has 2 heterocycles. The first kappa shape index (κ1) is 12.9. The highest BCUT2D eigenvalue weighted by Gasteiger charge is 2.17. The summed E-state index contributed by atoms with van der Waals surface area (Å²) in [5.74, 6) is 1.68. The topological polar surface area (TPSA) is 52.0 Å². The number of nitrogen functional groups attached to an aromatic ring is 1. The highest BCUT2D eigenvalue weighted by molar-refractivity contribution is 7.08. The lowest BCUT2D eigenvalue weighted by atomic mass is 9.98. The van der Waals surface area contributed by atoms with E-state index < -0.39 is 0 Å². The molecule has 0 unspecified atom stereocenters. The SMILES string of the molecule is CC(C)c1ccc(-c2c(N)noc2-c2ccsc2)cc1. The highest BCUT2D eigenvalue weighted by Crippen LogP contribution is 2.37. The van der Waals surface area contributed by atoms with Crippen molar-refractivity contribution in [1.29, 1.82) is 0 Å². The van der Waals surface area contributed by atoms with Crippen LogP contribution in [0.3, 0.4) is 0 Å². The van der Waals surface area contributed by atoms with Gasteiger partial charge in [0.1, 0.15) is 0 Å². The quantitative estimate of drug-likeness (QED) is 0.753. The number of rotatable bonds is 3. The number of nitrogens with zero attached hydrogens (tertiary/aromatic N) is 1. The Hall–Kier alpha value is -2.07. The Morgan fingerprint density at radius 2 is 1.85 bits per heavy atom. The second-order valence-corrected chi connectivity index (χ2v) is 5.84. The summed E-state index contributed by atoms with van der Waals surface area (Å²) in [4.78, 5) is 0. The number of anilines is 1. The van der Waals surface area contributed by atoms with E-state index in [1.807, 2.05) is 16.8 Å².